The normalized spacial score (nSPS) is 16.7. The van der Waals surface area contributed by atoms with Crippen molar-refractivity contribution in [2.45, 2.75) is 51.0 Å². The molecule has 1 aromatic rings. The minimum absolute atomic E-state index is 0. The third kappa shape index (κ3) is 6.46. The minimum atomic E-state index is -0.561. The summed E-state index contributed by atoms with van der Waals surface area (Å²) >= 11 is 0. The van der Waals surface area contributed by atoms with E-state index in [0.29, 0.717) is 30.5 Å². The molecular weight excluding hydrogens is 399 g/mol. The molecule has 0 spiro atoms. The fraction of sp³-hybridized carbons (Fsp3) is 0.562. The quantitative estimate of drug-likeness (QED) is 0.336. The van der Waals surface area contributed by atoms with E-state index < -0.39 is 11.6 Å². The number of nitrogens with one attached hydrogen (secondary N) is 1. The lowest BCUT2D eigenvalue weighted by molar-refractivity contribution is 0.530. The minimum Gasteiger partial charge on any atom is -0.370 e. The van der Waals surface area contributed by atoms with Crippen molar-refractivity contribution >= 4 is 29.9 Å². The maximum atomic E-state index is 13.5. The third-order valence-electron chi connectivity index (χ3n) is 3.89. The Bertz CT molecular complexity index is 486. The van der Waals surface area contributed by atoms with Crippen molar-refractivity contribution in [2.24, 2.45) is 10.7 Å². The van der Waals surface area contributed by atoms with Crippen molar-refractivity contribution < 1.29 is 8.78 Å². The standard InChI is InChI=1S/C16H23F2N3.HI/c17-13-8-7-12(15(18)11-13)9-10-20-16(19)21-14-5-3-1-2-4-6-14;/h7-8,11,14H,1-6,9-10H2,(H3,19,20,21);1H. The molecule has 3 N–H and O–H groups in total. The lowest BCUT2D eigenvalue weighted by atomic mass is 10.1. The van der Waals surface area contributed by atoms with Crippen LogP contribution in [0.3, 0.4) is 0 Å². The van der Waals surface area contributed by atoms with E-state index in [-0.39, 0.29) is 24.0 Å². The Kier molecular flexibility index (Phi) is 8.67. The molecule has 0 bridgehead atoms. The van der Waals surface area contributed by atoms with Gasteiger partial charge in [0.15, 0.2) is 5.96 Å². The van der Waals surface area contributed by atoms with Crippen molar-refractivity contribution in [1.82, 2.24) is 5.32 Å². The second kappa shape index (κ2) is 9.97. The molecule has 0 aromatic heterocycles. The van der Waals surface area contributed by atoms with Crippen LogP contribution in [0.5, 0.6) is 0 Å². The summed E-state index contributed by atoms with van der Waals surface area (Å²) in [6.07, 6.45) is 7.71. The number of hydrogen-bond acceptors (Lipinski definition) is 1. The van der Waals surface area contributed by atoms with Crippen LogP contribution in [0.1, 0.15) is 44.1 Å². The highest BCUT2D eigenvalue weighted by atomic mass is 127. The molecular formula is C16H24F2IN3. The molecule has 0 aliphatic heterocycles. The summed E-state index contributed by atoms with van der Waals surface area (Å²) in [7, 11) is 0. The second-order valence-corrected chi connectivity index (χ2v) is 5.59. The van der Waals surface area contributed by atoms with E-state index in [1.807, 2.05) is 0 Å². The molecule has 1 saturated carbocycles. The molecule has 6 heteroatoms. The highest BCUT2D eigenvalue weighted by Gasteiger charge is 2.12. The monoisotopic (exact) mass is 423 g/mol. The van der Waals surface area contributed by atoms with Gasteiger partial charge in [-0.1, -0.05) is 31.7 Å². The Morgan fingerprint density at radius 2 is 1.86 bits per heavy atom. The summed E-state index contributed by atoms with van der Waals surface area (Å²) in [5.41, 5.74) is 6.33. The molecule has 0 saturated heterocycles. The Labute approximate surface area is 147 Å². The van der Waals surface area contributed by atoms with Gasteiger partial charge >= 0.3 is 0 Å². The van der Waals surface area contributed by atoms with Crippen LogP contribution >= 0.6 is 24.0 Å². The molecule has 3 nitrogen and oxygen atoms in total. The molecule has 124 valence electrons. The van der Waals surface area contributed by atoms with Crippen LogP contribution in [0.15, 0.2) is 23.2 Å². The van der Waals surface area contributed by atoms with E-state index in [2.05, 4.69) is 10.3 Å². The van der Waals surface area contributed by atoms with Crippen LogP contribution < -0.4 is 11.1 Å². The van der Waals surface area contributed by atoms with E-state index in [1.54, 1.807) is 0 Å². The third-order valence-corrected chi connectivity index (χ3v) is 3.89. The van der Waals surface area contributed by atoms with Gasteiger partial charge < -0.3 is 11.1 Å². The van der Waals surface area contributed by atoms with Crippen molar-refractivity contribution in [3.05, 3.63) is 35.4 Å². The Hall–Kier alpha value is -0.920. The lowest BCUT2D eigenvalue weighted by Crippen LogP contribution is -2.40. The Balaban J connectivity index is 0.00000242. The number of hydrogen-bond donors (Lipinski definition) is 2. The van der Waals surface area contributed by atoms with Gasteiger partial charge in [0.25, 0.3) is 0 Å². The fourth-order valence-corrected chi connectivity index (χ4v) is 2.70. The van der Waals surface area contributed by atoms with E-state index in [4.69, 9.17) is 5.73 Å². The number of guanidine groups is 1. The largest absolute Gasteiger partial charge is 0.370 e. The molecule has 2 rings (SSSR count). The van der Waals surface area contributed by atoms with E-state index in [1.165, 1.54) is 37.8 Å². The zero-order chi connectivity index (χ0) is 15.1. The maximum Gasteiger partial charge on any atom is 0.188 e. The zero-order valence-electron chi connectivity index (χ0n) is 12.7. The molecule has 1 aliphatic rings. The maximum absolute atomic E-state index is 13.5. The van der Waals surface area contributed by atoms with E-state index in [9.17, 15) is 8.78 Å². The van der Waals surface area contributed by atoms with Crippen LogP contribution in [0, 0.1) is 11.6 Å². The Morgan fingerprint density at radius 1 is 1.18 bits per heavy atom. The predicted molar refractivity (Wildman–Crippen MR) is 96.6 cm³/mol. The van der Waals surface area contributed by atoms with Gasteiger partial charge in [0.05, 0.1) is 0 Å². The first-order valence-electron chi connectivity index (χ1n) is 7.65. The highest BCUT2D eigenvalue weighted by molar-refractivity contribution is 14.0. The number of nitrogens with zero attached hydrogens (tertiary/aromatic N) is 1. The first-order valence-corrected chi connectivity index (χ1v) is 7.65. The number of aliphatic imine (C=N–C) groups is 1. The summed E-state index contributed by atoms with van der Waals surface area (Å²) in [6.45, 7) is 0.397. The number of nitrogens with two attached hydrogens (primary N) is 1. The van der Waals surface area contributed by atoms with Gasteiger partial charge in [0.2, 0.25) is 0 Å². The molecule has 0 unspecified atom stereocenters. The number of halogens is 3. The summed E-state index contributed by atoms with van der Waals surface area (Å²) in [4.78, 5) is 4.23. The van der Waals surface area contributed by atoms with Gasteiger partial charge in [-0.2, -0.15) is 0 Å². The van der Waals surface area contributed by atoms with Gasteiger partial charge in [-0.05, 0) is 30.9 Å². The van der Waals surface area contributed by atoms with Crippen LogP contribution in [0.2, 0.25) is 0 Å². The van der Waals surface area contributed by atoms with Gasteiger partial charge in [-0.25, -0.2) is 8.78 Å². The lowest BCUT2D eigenvalue weighted by Gasteiger charge is -2.16. The highest BCUT2D eigenvalue weighted by Crippen LogP contribution is 2.17. The van der Waals surface area contributed by atoms with Crippen LogP contribution in [0.4, 0.5) is 8.78 Å². The van der Waals surface area contributed by atoms with Crippen molar-refractivity contribution in [3.63, 3.8) is 0 Å². The summed E-state index contributed by atoms with van der Waals surface area (Å²) < 4.78 is 26.3. The van der Waals surface area contributed by atoms with Crippen LogP contribution in [-0.2, 0) is 6.42 Å². The van der Waals surface area contributed by atoms with Crippen LogP contribution in [-0.4, -0.2) is 18.5 Å². The van der Waals surface area contributed by atoms with Crippen molar-refractivity contribution in [1.29, 1.82) is 0 Å². The summed E-state index contributed by atoms with van der Waals surface area (Å²) in [6, 6.07) is 4.01. The van der Waals surface area contributed by atoms with Crippen molar-refractivity contribution in [2.75, 3.05) is 6.54 Å². The molecule has 1 fully saturated rings. The van der Waals surface area contributed by atoms with Gasteiger partial charge in [-0.15, -0.1) is 24.0 Å². The average molecular weight is 423 g/mol. The fourth-order valence-electron chi connectivity index (χ4n) is 2.70. The topological polar surface area (TPSA) is 50.4 Å². The first-order chi connectivity index (χ1) is 10.1. The predicted octanol–water partition coefficient (Wildman–Crippen LogP) is 3.75. The molecule has 0 atom stereocenters. The second-order valence-electron chi connectivity index (χ2n) is 5.59. The van der Waals surface area contributed by atoms with Gasteiger partial charge in [0.1, 0.15) is 11.6 Å². The molecule has 0 radical (unpaired) electrons. The first kappa shape index (κ1) is 19.1. The van der Waals surface area contributed by atoms with Gasteiger partial charge in [0, 0.05) is 18.7 Å². The molecule has 1 aromatic carbocycles. The van der Waals surface area contributed by atoms with Crippen LogP contribution in [0.25, 0.3) is 0 Å². The van der Waals surface area contributed by atoms with E-state index in [0.717, 1.165) is 18.9 Å². The number of rotatable bonds is 4. The zero-order valence-corrected chi connectivity index (χ0v) is 15.0. The van der Waals surface area contributed by atoms with Crippen molar-refractivity contribution in [3.8, 4) is 0 Å². The smallest absolute Gasteiger partial charge is 0.188 e. The van der Waals surface area contributed by atoms with E-state index >= 15 is 0 Å². The number of benzene rings is 1. The molecule has 1 aliphatic carbocycles. The summed E-state index contributed by atoms with van der Waals surface area (Å²) in [5, 5.41) is 3.24. The SMILES string of the molecule is I.NC(=NCCc1ccc(F)cc1F)NC1CCCCCC1. The molecule has 0 heterocycles. The average Bonchev–Trinajstić information content (AvgIpc) is 2.70. The van der Waals surface area contributed by atoms with Gasteiger partial charge in [-0.3, -0.25) is 4.99 Å². The Morgan fingerprint density at radius 3 is 2.50 bits per heavy atom. The molecule has 22 heavy (non-hydrogen) atoms. The molecule has 0 amide bonds. The summed E-state index contributed by atoms with van der Waals surface area (Å²) in [5.74, 6) is -0.667.